The number of likely N-dealkylation sites (N-methyl/N-ethyl adjacent to an activating group) is 1. The summed E-state index contributed by atoms with van der Waals surface area (Å²) in [4.78, 5) is 0. The fourth-order valence-corrected chi connectivity index (χ4v) is 2.29. The minimum absolute atomic E-state index is 0.722. The van der Waals surface area contributed by atoms with Crippen LogP contribution in [0.25, 0.3) is 0 Å². The first kappa shape index (κ1) is 12.6. The van der Waals surface area contributed by atoms with E-state index in [1.54, 1.807) is 11.3 Å². The zero-order chi connectivity index (χ0) is 11.1. The summed E-state index contributed by atoms with van der Waals surface area (Å²) >= 11 is 1.76. The first-order valence-corrected chi connectivity index (χ1v) is 6.59. The predicted molar refractivity (Wildman–Crippen MR) is 65.3 cm³/mol. The Morgan fingerprint density at radius 3 is 2.67 bits per heavy atom. The highest BCUT2D eigenvalue weighted by atomic mass is 32.1. The summed E-state index contributed by atoms with van der Waals surface area (Å²) in [5, 5.41) is 14.1. The van der Waals surface area contributed by atoms with Crippen molar-refractivity contribution in [2.75, 3.05) is 13.1 Å². The van der Waals surface area contributed by atoms with E-state index in [9.17, 15) is 0 Å². The van der Waals surface area contributed by atoms with Gasteiger partial charge in [0, 0.05) is 19.4 Å². The van der Waals surface area contributed by atoms with Crippen LogP contribution >= 0.6 is 11.3 Å². The molecule has 1 aromatic rings. The summed E-state index contributed by atoms with van der Waals surface area (Å²) in [6, 6.07) is 0. The number of nitrogens with zero attached hydrogens (tertiary/aromatic N) is 2. The van der Waals surface area contributed by atoms with Gasteiger partial charge in [-0.3, -0.25) is 0 Å². The average Bonchev–Trinajstić information content (AvgIpc) is 2.66. The van der Waals surface area contributed by atoms with E-state index in [1.165, 1.54) is 11.4 Å². The Kier molecular flexibility index (Phi) is 5.79. The molecule has 3 nitrogen and oxygen atoms in total. The van der Waals surface area contributed by atoms with E-state index < -0.39 is 0 Å². The van der Waals surface area contributed by atoms with Crippen molar-refractivity contribution in [3.8, 4) is 0 Å². The van der Waals surface area contributed by atoms with Gasteiger partial charge in [0.1, 0.15) is 10.0 Å². The van der Waals surface area contributed by atoms with Gasteiger partial charge in [-0.1, -0.05) is 27.2 Å². The van der Waals surface area contributed by atoms with E-state index >= 15 is 0 Å². The van der Waals surface area contributed by atoms with E-state index in [4.69, 9.17) is 0 Å². The van der Waals surface area contributed by atoms with Crippen molar-refractivity contribution in [3.63, 3.8) is 0 Å². The fourth-order valence-electron chi connectivity index (χ4n) is 1.29. The first-order chi connectivity index (χ1) is 7.26. The summed E-state index contributed by atoms with van der Waals surface area (Å²) in [7, 11) is 0. The normalized spacial score (nSPS) is 13.0. The van der Waals surface area contributed by atoms with Gasteiger partial charge in [0.15, 0.2) is 0 Å². The maximum Gasteiger partial charge on any atom is 0.118 e. The van der Waals surface area contributed by atoms with Crippen LogP contribution in [-0.2, 0) is 12.8 Å². The lowest BCUT2D eigenvalue weighted by atomic mass is 10.1. The van der Waals surface area contributed by atoms with Gasteiger partial charge in [0.25, 0.3) is 0 Å². The van der Waals surface area contributed by atoms with Crippen molar-refractivity contribution in [1.29, 1.82) is 0 Å². The van der Waals surface area contributed by atoms with Crippen molar-refractivity contribution < 1.29 is 0 Å². The molecule has 1 rings (SSSR count). The number of nitrogens with one attached hydrogen (secondary N) is 1. The molecule has 0 saturated heterocycles. The highest BCUT2D eigenvalue weighted by Gasteiger charge is 2.07. The van der Waals surface area contributed by atoms with Crippen LogP contribution in [0, 0.1) is 5.92 Å². The second kappa shape index (κ2) is 6.90. The molecule has 1 atom stereocenters. The number of hydrogen-bond donors (Lipinski definition) is 1. The molecule has 0 aliphatic carbocycles. The zero-order valence-corrected chi connectivity index (χ0v) is 10.7. The molecular formula is C11H21N3S. The number of rotatable bonds is 7. The van der Waals surface area contributed by atoms with Crippen LogP contribution in [0.1, 0.15) is 37.2 Å². The molecule has 4 heteroatoms. The average molecular weight is 227 g/mol. The number of hydrogen-bond acceptors (Lipinski definition) is 4. The standard InChI is InChI=1S/C11H21N3S/c1-4-9(3)8-11-14-13-10(15-11)6-7-12-5-2/h9,12H,4-8H2,1-3H3. The highest BCUT2D eigenvalue weighted by Crippen LogP contribution is 2.16. The van der Waals surface area contributed by atoms with Gasteiger partial charge in [0.2, 0.25) is 0 Å². The van der Waals surface area contributed by atoms with Gasteiger partial charge >= 0.3 is 0 Å². The van der Waals surface area contributed by atoms with Crippen LogP contribution in [0.15, 0.2) is 0 Å². The van der Waals surface area contributed by atoms with Gasteiger partial charge in [-0.25, -0.2) is 0 Å². The smallest absolute Gasteiger partial charge is 0.118 e. The molecule has 1 aromatic heterocycles. The quantitative estimate of drug-likeness (QED) is 0.726. The minimum Gasteiger partial charge on any atom is -0.317 e. The third-order valence-electron chi connectivity index (χ3n) is 2.49. The second-order valence-electron chi connectivity index (χ2n) is 3.91. The van der Waals surface area contributed by atoms with Gasteiger partial charge < -0.3 is 5.32 Å². The van der Waals surface area contributed by atoms with Gasteiger partial charge in [-0.05, 0) is 12.5 Å². The summed E-state index contributed by atoms with van der Waals surface area (Å²) in [5.74, 6) is 0.722. The summed E-state index contributed by atoms with van der Waals surface area (Å²) in [5.41, 5.74) is 0. The molecule has 0 radical (unpaired) electrons. The first-order valence-electron chi connectivity index (χ1n) is 5.78. The lowest BCUT2D eigenvalue weighted by molar-refractivity contribution is 0.556. The molecule has 0 saturated carbocycles. The number of aromatic nitrogens is 2. The van der Waals surface area contributed by atoms with E-state index in [2.05, 4.69) is 36.3 Å². The minimum atomic E-state index is 0.722. The molecular weight excluding hydrogens is 206 g/mol. The molecule has 0 bridgehead atoms. The lowest BCUT2D eigenvalue weighted by Crippen LogP contribution is -2.15. The van der Waals surface area contributed by atoms with Crippen LogP contribution in [0.4, 0.5) is 0 Å². The van der Waals surface area contributed by atoms with Crippen LogP contribution in [0.3, 0.4) is 0 Å². The Labute approximate surface area is 96.3 Å². The Hall–Kier alpha value is -0.480. The Morgan fingerprint density at radius 2 is 2.00 bits per heavy atom. The summed E-state index contributed by atoms with van der Waals surface area (Å²) in [6.07, 6.45) is 3.30. The van der Waals surface area contributed by atoms with E-state index in [0.29, 0.717) is 0 Å². The third-order valence-corrected chi connectivity index (χ3v) is 3.50. The second-order valence-corrected chi connectivity index (χ2v) is 5.06. The van der Waals surface area contributed by atoms with Gasteiger partial charge in [-0.2, -0.15) is 0 Å². The maximum absolute atomic E-state index is 4.22. The molecule has 1 N–H and O–H groups in total. The lowest BCUT2D eigenvalue weighted by Gasteiger charge is -2.02. The third kappa shape index (κ3) is 4.71. The Morgan fingerprint density at radius 1 is 1.27 bits per heavy atom. The molecule has 86 valence electrons. The van der Waals surface area contributed by atoms with Crippen LogP contribution in [0.5, 0.6) is 0 Å². The molecule has 0 fully saturated rings. The van der Waals surface area contributed by atoms with Crippen molar-refractivity contribution in [3.05, 3.63) is 10.0 Å². The highest BCUT2D eigenvalue weighted by molar-refractivity contribution is 7.11. The Bertz CT molecular complexity index is 273. The van der Waals surface area contributed by atoms with Crippen LogP contribution in [-0.4, -0.2) is 23.3 Å². The summed E-state index contributed by atoms with van der Waals surface area (Å²) in [6.45, 7) is 8.64. The van der Waals surface area contributed by atoms with Gasteiger partial charge in [0.05, 0.1) is 0 Å². The molecule has 0 aliphatic heterocycles. The largest absolute Gasteiger partial charge is 0.317 e. The van der Waals surface area contributed by atoms with Crippen LogP contribution < -0.4 is 5.32 Å². The molecule has 1 unspecified atom stereocenters. The van der Waals surface area contributed by atoms with Crippen molar-refractivity contribution in [2.24, 2.45) is 5.92 Å². The Balaban J connectivity index is 2.35. The van der Waals surface area contributed by atoms with E-state index in [-0.39, 0.29) is 0 Å². The predicted octanol–water partition coefficient (Wildman–Crippen LogP) is 2.28. The molecule has 0 spiro atoms. The van der Waals surface area contributed by atoms with Crippen molar-refractivity contribution >= 4 is 11.3 Å². The zero-order valence-electron chi connectivity index (χ0n) is 9.92. The van der Waals surface area contributed by atoms with E-state index in [0.717, 1.165) is 36.9 Å². The van der Waals surface area contributed by atoms with E-state index in [1.807, 2.05) is 0 Å². The molecule has 0 amide bonds. The summed E-state index contributed by atoms with van der Waals surface area (Å²) < 4.78 is 0. The monoisotopic (exact) mass is 227 g/mol. The molecule has 15 heavy (non-hydrogen) atoms. The maximum atomic E-state index is 4.22. The topological polar surface area (TPSA) is 37.8 Å². The fraction of sp³-hybridized carbons (Fsp3) is 0.818. The van der Waals surface area contributed by atoms with Crippen LogP contribution in [0.2, 0.25) is 0 Å². The van der Waals surface area contributed by atoms with Crippen molar-refractivity contribution in [1.82, 2.24) is 15.5 Å². The molecule has 0 aromatic carbocycles. The van der Waals surface area contributed by atoms with Gasteiger partial charge in [-0.15, -0.1) is 21.5 Å². The molecule has 1 heterocycles. The SMILES string of the molecule is CCNCCc1nnc(CC(C)CC)s1. The molecule has 0 aliphatic rings. The van der Waals surface area contributed by atoms with Crippen molar-refractivity contribution in [2.45, 2.75) is 40.0 Å².